The van der Waals surface area contributed by atoms with Crippen LogP contribution in [0.15, 0.2) is 4.99 Å². The molecule has 0 aliphatic heterocycles. The van der Waals surface area contributed by atoms with Gasteiger partial charge < -0.3 is 0 Å². The van der Waals surface area contributed by atoms with Gasteiger partial charge in [0.05, 0.1) is 5.54 Å². The van der Waals surface area contributed by atoms with Crippen LogP contribution in [0, 0.1) is 5.92 Å². The minimum absolute atomic E-state index is 0.0260. The average molecular weight is 179 g/mol. The minimum atomic E-state index is 0.0260. The lowest BCUT2D eigenvalue weighted by atomic mass is 9.65. The third kappa shape index (κ3) is 1.55. The molecule has 0 unspecified atom stereocenters. The highest BCUT2D eigenvalue weighted by molar-refractivity contribution is 5.35. The second kappa shape index (κ2) is 3.63. The molecule has 0 aromatic carbocycles. The van der Waals surface area contributed by atoms with Crippen LogP contribution in [0.25, 0.3) is 0 Å². The summed E-state index contributed by atoms with van der Waals surface area (Å²) in [6.45, 7) is 0. The predicted molar refractivity (Wildman–Crippen MR) is 51.3 cm³/mol. The van der Waals surface area contributed by atoms with Gasteiger partial charge in [-0.1, -0.05) is 25.7 Å². The maximum atomic E-state index is 10.4. The van der Waals surface area contributed by atoms with E-state index in [1.54, 1.807) is 6.08 Å². The Morgan fingerprint density at radius 2 is 1.77 bits per heavy atom. The third-order valence-electron chi connectivity index (χ3n) is 3.85. The zero-order valence-electron chi connectivity index (χ0n) is 8.09. The number of carbonyl (C=O) groups excluding carboxylic acids is 1. The van der Waals surface area contributed by atoms with Crippen LogP contribution in [-0.4, -0.2) is 11.6 Å². The second-order valence-corrected chi connectivity index (χ2v) is 4.50. The van der Waals surface area contributed by atoms with Crippen molar-refractivity contribution in [1.82, 2.24) is 0 Å². The molecule has 0 spiro atoms. The Labute approximate surface area is 79.4 Å². The SMILES string of the molecule is O=C=NC1(C2CCC2)CCCCC1. The molecule has 0 saturated heterocycles. The first-order valence-corrected chi connectivity index (χ1v) is 5.46. The van der Waals surface area contributed by atoms with Gasteiger partial charge in [-0.05, 0) is 31.6 Å². The zero-order chi connectivity index (χ0) is 9.15. The molecule has 2 aliphatic rings. The highest BCUT2D eigenvalue weighted by Gasteiger charge is 2.42. The van der Waals surface area contributed by atoms with Gasteiger partial charge in [0, 0.05) is 0 Å². The van der Waals surface area contributed by atoms with Gasteiger partial charge in [0.1, 0.15) is 0 Å². The molecule has 2 nitrogen and oxygen atoms in total. The fourth-order valence-corrected chi connectivity index (χ4v) is 2.81. The molecule has 0 radical (unpaired) electrons. The van der Waals surface area contributed by atoms with Gasteiger partial charge in [0.15, 0.2) is 0 Å². The average Bonchev–Trinajstić information content (AvgIpc) is 2.02. The smallest absolute Gasteiger partial charge is 0.211 e. The Morgan fingerprint density at radius 3 is 2.23 bits per heavy atom. The molecule has 2 rings (SSSR count). The molecule has 0 N–H and O–H groups in total. The van der Waals surface area contributed by atoms with E-state index < -0.39 is 0 Å². The summed E-state index contributed by atoms with van der Waals surface area (Å²) < 4.78 is 0. The molecule has 13 heavy (non-hydrogen) atoms. The van der Waals surface area contributed by atoms with E-state index in [1.807, 2.05) is 0 Å². The number of hydrogen-bond acceptors (Lipinski definition) is 2. The Balaban J connectivity index is 2.12. The molecule has 2 aliphatic carbocycles. The highest BCUT2D eigenvalue weighted by Crippen LogP contribution is 2.46. The summed E-state index contributed by atoms with van der Waals surface area (Å²) in [5.74, 6) is 0.703. The molecule has 2 heteroatoms. The van der Waals surface area contributed by atoms with Crippen molar-refractivity contribution in [2.45, 2.75) is 56.9 Å². The molecule has 72 valence electrons. The Morgan fingerprint density at radius 1 is 1.08 bits per heavy atom. The van der Waals surface area contributed by atoms with E-state index in [1.165, 1.54) is 38.5 Å². The molecule has 0 heterocycles. The summed E-state index contributed by atoms with van der Waals surface area (Å²) in [7, 11) is 0. The molecular weight excluding hydrogens is 162 g/mol. The van der Waals surface area contributed by atoms with Gasteiger partial charge >= 0.3 is 0 Å². The summed E-state index contributed by atoms with van der Waals surface area (Å²) in [6.07, 6.45) is 11.8. The monoisotopic (exact) mass is 179 g/mol. The van der Waals surface area contributed by atoms with Crippen LogP contribution >= 0.6 is 0 Å². The number of rotatable bonds is 2. The van der Waals surface area contributed by atoms with Crippen molar-refractivity contribution in [1.29, 1.82) is 0 Å². The molecular formula is C11H17NO. The van der Waals surface area contributed by atoms with Gasteiger partial charge in [-0.2, -0.15) is 4.99 Å². The minimum Gasteiger partial charge on any atom is -0.211 e. The predicted octanol–water partition coefficient (Wildman–Crippen LogP) is 2.83. The number of aliphatic imine (C=N–C) groups is 1. The Hall–Kier alpha value is -0.620. The van der Waals surface area contributed by atoms with Crippen molar-refractivity contribution in [2.75, 3.05) is 0 Å². The normalized spacial score (nSPS) is 27.4. The molecule has 0 aromatic rings. The van der Waals surface area contributed by atoms with Crippen molar-refractivity contribution in [3.63, 3.8) is 0 Å². The lowest BCUT2D eigenvalue weighted by molar-refractivity contribution is 0.125. The van der Waals surface area contributed by atoms with E-state index in [9.17, 15) is 4.79 Å². The molecule has 0 atom stereocenters. The lowest BCUT2D eigenvalue weighted by Crippen LogP contribution is -2.41. The quantitative estimate of drug-likeness (QED) is 0.473. The first kappa shape index (κ1) is 8.96. The first-order chi connectivity index (χ1) is 6.37. The summed E-state index contributed by atoms with van der Waals surface area (Å²) in [6, 6.07) is 0. The Kier molecular flexibility index (Phi) is 2.50. The number of nitrogens with zero attached hydrogens (tertiary/aromatic N) is 1. The first-order valence-electron chi connectivity index (χ1n) is 5.46. The van der Waals surface area contributed by atoms with Crippen molar-refractivity contribution in [3.8, 4) is 0 Å². The van der Waals surface area contributed by atoms with Crippen LogP contribution in [0.3, 0.4) is 0 Å². The number of hydrogen-bond donors (Lipinski definition) is 0. The molecule has 2 fully saturated rings. The van der Waals surface area contributed by atoms with Gasteiger partial charge in [-0.25, -0.2) is 4.79 Å². The Bertz CT molecular complexity index is 220. The van der Waals surface area contributed by atoms with Crippen molar-refractivity contribution < 1.29 is 4.79 Å². The van der Waals surface area contributed by atoms with Gasteiger partial charge in [0.25, 0.3) is 0 Å². The van der Waals surface area contributed by atoms with Crippen molar-refractivity contribution in [3.05, 3.63) is 0 Å². The third-order valence-corrected chi connectivity index (χ3v) is 3.85. The van der Waals surface area contributed by atoms with Crippen LogP contribution in [0.5, 0.6) is 0 Å². The highest BCUT2D eigenvalue weighted by atomic mass is 16.1. The fraction of sp³-hybridized carbons (Fsp3) is 0.909. The standard InChI is InChI=1S/C11H17NO/c13-9-12-11(10-5-4-6-10)7-2-1-3-8-11/h10H,1-8H2. The fourth-order valence-electron chi connectivity index (χ4n) is 2.81. The maximum Gasteiger partial charge on any atom is 0.235 e. The summed E-state index contributed by atoms with van der Waals surface area (Å²) in [5.41, 5.74) is 0.0260. The van der Waals surface area contributed by atoms with E-state index in [0.29, 0.717) is 5.92 Å². The van der Waals surface area contributed by atoms with Crippen molar-refractivity contribution in [2.24, 2.45) is 10.9 Å². The van der Waals surface area contributed by atoms with Crippen LogP contribution in [-0.2, 0) is 4.79 Å². The van der Waals surface area contributed by atoms with Gasteiger partial charge in [-0.3, -0.25) is 0 Å². The molecule has 0 bridgehead atoms. The van der Waals surface area contributed by atoms with E-state index in [-0.39, 0.29) is 5.54 Å². The summed E-state index contributed by atoms with van der Waals surface area (Å²) in [4.78, 5) is 14.6. The molecule has 0 amide bonds. The van der Waals surface area contributed by atoms with E-state index in [2.05, 4.69) is 4.99 Å². The van der Waals surface area contributed by atoms with E-state index in [4.69, 9.17) is 0 Å². The van der Waals surface area contributed by atoms with Gasteiger partial charge in [-0.15, -0.1) is 0 Å². The van der Waals surface area contributed by atoms with E-state index >= 15 is 0 Å². The summed E-state index contributed by atoms with van der Waals surface area (Å²) in [5, 5.41) is 0. The van der Waals surface area contributed by atoms with Crippen LogP contribution < -0.4 is 0 Å². The van der Waals surface area contributed by atoms with Crippen molar-refractivity contribution >= 4 is 6.08 Å². The lowest BCUT2D eigenvalue weighted by Gasteiger charge is -2.43. The molecule has 0 aromatic heterocycles. The number of isocyanates is 1. The zero-order valence-corrected chi connectivity index (χ0v) is 8.09. The van der Waals surface area contributed by atoms with E-state index in [0.717, 1.165) is 12.8 Å². The van der Waals surface area contributed by atoms with Crippen LogP contribution in [0.1, 0.15) is 51.4 Å². The van der Waals surface area contributed by atoms with Crippen LogP contribution in [0.2, 0.25) is 0 Å². The second-order valence-electron chi connectivity index (χ2n) is 4.50. The van der Waals surface area contributed by atoms with Crippen LogP contribution in [0.4, 0.5) is 0 Å². The largest absolute Gasteiger partial charge is 0.235 e. The topological polar surface area (TPSA) is 29.4 Å². The summed E-state index contributed by atoms with van der Waals surface area (Å²) >= 11 is 0. The maximum absolute atomic E-state index is 10.4. The molecule has 2 saturated carbocycles. The van der Waals surface area contributed by atoms with Gasteiger partial charge in [0.2, 0.25) is 6.08 Å².